The van der Waals surface area contributed by atoms with E-state index in [1.165, 1.54) is 24.5 Å². The lowest BCUT2D eigenvalue weighted by molar-refractivity contribution is -0.119. The minimum Gasteiger partial charge on any atom is -0.383 e. The molecule has 4 N–H and O–H groups in total. The second kappa shape index (κ2) is 8.79. The number of aromatic nitrogens is 3. The summed E-state index contributed by atoms with van der Waals surface area (Å²) >= 11 is 0. The molecule has 3 heterocycles. The van der Waals surface area contributed by atoms with Gasteiger partial charge in [0.15, 0.2) is 5.67 Å². The number of carbonyl (C=O) groups excluding carboxylic acids is 1. The first-order chi connectivity index (χ1) is 17.1. The molecule has 2 unspecified atom stereocenters. The Morgan fingerprint density at radius 2 is 1.89 bits per heavy atom. The fourth-order valence-electron chi connectivity index (χ4n) is 5.01. The highest BCUT2D eigenvalue weighted by Crippen LogP contribution is 2.44. The van der Waals surface area contributed by atoms with E-state index in [1.807, 2.05) is 4.57 Å². The van der Waals surface area contributed by atoms with Crippen LogP contribution in [-0.2, 0) is 20.5 Å². The molecule has 0 radical (unpaired) electrons. The lowest BCUT2D eigenvalue weighted by Crippen LogP contribution is -2.33. The standard InChI is InChI=1S/C24H24F2N6O3S/c25-19-4-2-1-3-16(19)17-11-24(26,8-5-20(17)36(28,34)35)18-12-32(15-6-9-31(14-33)10-7-15)23-21(18)22(27)29-13-30-23/h1-5,8,11-15,20H,6-7,9-10H2,(H2,27,29,30)(H2,28,34,35). The van der Waals surface area contributed by atoms with Crippen molar-refractivity contribution < 1.29 is 22.0 Å². The number of nitrogens with zero attached hydrogens (tertiary/aromatic N) is 4. The van der Waals surface area contributed by atoms with Crippen LogP contribution in [0.4, 0.5) is 14.6 Å². The van der Waals surface area contributed by atoms with E-state index in [0.29, 0.717) is 31.6 Å². The van der Waals surface area contributed by atoms with E-state index in [9.17, 15) is 17.6 Å². The topological polar surface area (TPSA) is 137 Å². The number of nitrogen functional groups attached to an aromatic ring is 1. The van der Waals surface area contributed by atoms with Gasteiger partial charge >= 0.3 is 0 Å². The zero-order chi connectivity index (χ0) is 25.7. The van der Waals surface area contributed by atoms with Crippen molar-refractivity contribution in [2.45, 2.75) is 29.8 Å². The maximum Gasteiger partial charge on any atom is 0.219 e. The van der Waals surface area contributed by atoms with Crippen LogP contribution in [0.3, 0.4) is 0 Å². The molecule has 0 bridgehead atoms. The third-order valence-electron chi connectivity index (χ3n) is 6.82. The highest BCUT2D eigenvalue weighted by atomic mass is 32.2. The van der Waals surface area contributed by atoms with Crippen molar-refractivity contribution in [2.24, 2.45) is 5.14 Å². The van der Waals surface area contributed by atoms with Crippen molar-refractivity contribution in [3.63, 3.8) is 0 Å². The molecule has 1 aliphatic heterocycles. The molecule has 1 fully saturated rings. The number of rotatable bonds is 5. The number of benzene rings is 1. The minimum absolute atomic E-state index is 0.0546. The van der Waals surface area contributed by atoms with E-state index < -0.39 is 26.8 Å². The number of carbonyl (C=O) groups is 1. The van der Waals surface area contributed by atoms with Crippen LogP contribution in [0.5, 0.6) is 0 Å². The van der Waals surface area contributed by atoms with Gasteiger partial charge < -0.3 is 15.2 Å². The molecule has 0 spiro atoms. The van der Waals surface area contributed by atoms with E-state index >= 15 is 4.39 Å². The van der Waals surface area contributed by atoms with Gasteiger partial charge in [0, 0.05) is 36.5 Å². The van der Waals surface area contributed by atoms with Crippen molar-refractivity contribution in [1.82, 2.24) is 19.4 Å². The normalized spacial score (nSPS) is 23.1. The van der Waals surface area contributed by atoms with Gasteiger partial charge in [-0.05, 0) is 36.6 Å². The first kappa shape index (κ1) is 24.1. The van der Waals surface area contributed by atoms with E-state index in [0.717, 1.165) is 30.7 Å². The van der Waals surface area contributed by atoms with Crippen molar-refractivity contribution in [1.29, 1.82) is 0 Å². The molecule has 9 nitrogen and oxygen atoms in total. The Labute approximate surface area is 206 Å². The van der Waals surface area contributed by atoms with Crippen LogP contribution in [0.2, 0.25) is 0 Å². The quantitative estimate of drug-likeness (QED) is 0.396. The van der Waals surface area contributed by atoms with Gasteiger partial charge in [0.25, 0.3) is 0 Å². The molecule has 1 aliphatic carbocycles. The van der Waals surface area contributed by atoms with Crippen LogP contribution >= 0.6 is 0 Å². The summed E-state index contributed by atoms with van der Waals surface area (Å²) in [4.78, 5) is 21.2. The van der Waals surface area contributed by atoms with Crippen molar-refractivity contribution in [3.05, 3.63) is 72.0 Å². The zero-order valence-electron chi connectivity index (χ0n) is 19.1. The molecular weight excluding hydrogens is 490 g/mol. The number of halogens is 2. The first-order valence-corrected chi connectivity index (χ1v) is 12.9. The number of likely N-dealkylation sites (tertiary alicyclic amines) is 1. The zero-order valence-corrected chi connectivity index (χ0v) is 19.9. The highest BCUT2D eigenvalue weighted by molar-refractivity contribution is 7.90. The highest BCUT2D eigenvalue weighted by Gasteiger charge is 2.40. The van der Waals surface area contributed by atoms with Crippen LogP contribution in [0, 0.1) is 5.82 Å². The van der Waals surface area contributed by atoms with Gasteiger partial charge in [-0.25, -0.2) is 32.3 Å². The molecule has 0 saturated carbocycles. The van der Waals surface area contributed by atoms with E-state index in [2.05, 4.69) is 9.97 Å². The van der Waals surface area contributed by atoms with Gasteiger partial charge in [-0.3, -0.25) is 4.79 Å². The fraction of sp³-hybridized carbons (Fsp3) is 0.292. The molecule has 1 aromatic carbocycles. The molecule has 2 aromatic heterocycles. The number of fused-ring (bicyclic) bond motifs is 1. The number of allylic oxidation sites excluding steroid dienone is 2. The summed E-state index contributed by atoms with van der Waals surface area (Å²) < 4.78 is 58.0. The summed E-state index contributed by atoms with van der Waals surface area (Å²) in [6.45, 7) is 1.08. The molecule has 12 heteroatoms. The molecule has 2 atom stereocenters. The lowest BCUT2D eigenvalue weighted by Gasteiger charge is -2.30. The van der Waals surface area contributed by atoms with Crippen LogP contribution in [-0.4, -0.2) is 52.6 Å². The maximum absolute atomic E-state index is 16.8. The van der Waals surface area contributed by atoms with E-state index in [-0.39, 0.29) is 33.9 Å². The van der Waals surface area contributed by atoms with Crippen molar-refractivity contribution in [3.8, 4) is 0 Å². The lowest BCUT2D eigenvalue weighted by atomic mass is 9.85. The summed E-state index contributed by atoms with van der Waals surface area (Å²) in [6, 6.07) is 5.45. The summed E-state index contributed by atoms with van der Waals surface area (Å²) in [6.07, 6.45) is 8.23. The Morgan fingerprint density at radius 1 is 1.17 bits per heavy atom. The smallest absolute Gasteiger partial charge is 0.219 e. The summed E-state index contributed by atoms with van der Waals surface area (Å²) in [5, 5.41) is 4.26. The van der Waals surface area contributed by atoms with Gasteiger partial charge in [-0.15, -0.1) is 0 Å². The van der Waals surface area contributed by atoms with E-state index in [4.69, 9.17) is 10.9 Å². The largest absolute Gasteiger partial charge is 0.383 e. The van der Waals surface area contributed by atoms with Gasteiger partial charge in [0.2, 0.25) is 16.4 Å². The fourth-order valence-corrected chi connectivity index (χ4v) is 5.86. The molecule has 1 saturated heterocycles. The number of primary sulfonamides is 1. The molecule has 5 rings (SSSR count). The summed E-state index contributed by atoms with van der Waals surface area (Å²) in [5.41, 5.74) is 4.15. The van der Waals surface area contributed by atoms with E-state index in [1.54, 1.807) is 11.1 Å². The number of hydrogen-bond donors (Lipinski definition) is 2. The minimum atomic E-state index is -4.22. The SMILES string of the molecule is Nc1ncnc2c1c(C1(F)C=CC(S(N)(=O)=O)C(c3ccccc3F)=C1)cn2C1CCN(C=O)CC1. The number of alkyl halides is 1. The predicted molar refractivity (Wildman–Crippen MR) is 131 cm³/mol. The second-order valence-electron chi connectivity index (χ2n) is 9.00. The average molecular weight is 515 g/mol. The van der Waals surface area contributed by atoms with Crippen molar-refractivity contribution >= 4 is 38.9 Å². The molecule has 3 aromatic rings. The van der Waals surface area contributed by atoms with Gasteiger partial charge in [-0.2, -0.15) is 0 Å². The predicted octanol–water partition coefficient (Wildman–Crippen LogP) is 2.42. The third-order valence-corrected chi connectivity index (χ3v) is 7.94. The Hall–Kier alpha value is -3.64. The Kier molecular flexibility index (Phi) is 5.87. The van der Waals surface area contributed by atoms with Crippen LogP contribution < -0.4 is 10.9 Å². The summed E-state index contributed by atoms with van der Waals surface area (Å²) in [7, 11) is -4.22. The maximum atomic E-state index is 16.8. The Morgan fingerprint density at radius 3 is 2.56 bits per heavy atom. The van der Waals surface area contributed by atoms with Gasteiger partial charge in [-0.1, -0.05) is 24.3 Å². The van der Waals surface area contributed by atoms with Crippen LogP contribution in [0.15, 0.2) is 55.0 Å². The first-order valence-electron chi connectivity index (χ1n) is 11.3. The third kappa shape index (κ3) is 4.05. The number of hydrogen-bond acceptors (Lipinski definition) is 6. The van der Waals surface area contributed by atoms with Crippen molar-refractivity contribution in [2.75, 3.05) is 18.8 Å². The van der Waals surface area contributed by atoms with Crippen LogP contribution in [0.1, 0.15) is 30.0 Å². The molecule has 188 valence electrons. The Bertz CT molecular complexity index is 1510. The molecular formula is C24H24F2N6O3S. The molecule has 1 amide bonds. The number of piperidine rings is 1. The summed E-state index contributed by atoms with van der Waals surface area (Å²) in [5.74, 6) is -0.652. The number of nitrogens with two attached hydrogens (primary N) is 2. The number of anilines is 1. The van der Waals surface area contributed by atoms with Gasteiger partial charge in [0.05, 0.1) is 5.39 Å². The average Bonchev–Trinajstić information content (AvgIpc) is 3.26. The molecule has 36 heavy (non-hydrogen) atoms. The van der Waals surface area contributed by atoms with Crippen LogP contribution in [0.25, 0.3) is 16.6 Å². The monoisotopic (exact) mass is 514 g/mol. The molecule has 2 aliphatic rings. The Balaban J connectivity index is 1.69. The number of sulfonamides is 1. The van der Waals surface area contributed by atoms with Gasteiger partial charge in [0.1, 0.15) is 28.9 Å². The second-order valence-corrected chi connectivity index (χ2v) is 10.7. The number of amides is 1.